The first-order valence-corrected chi connectivity index (χ1v) is 6.88. The fourth-order valence-electron chi connectivity index (χ4n) is 2.16. The summed E-state index contributed by atoms with van der Waals surface area (Å²) >= 11 is 1.38. The smallest absolute Gasteiger partial charge is 0.355 e. The van der Waals surface area contributed by atoms with Crippen molar-refractivity contribution >= 4 is 17.3 Å². The zero-order chi connectivity index (χ0) is 12.9. The number of rotatable bonds is 4. The van der Waals surface area contributed by atoms with Crippen molar-refractivity contribution in [2.45, 2.75) is 26.2 Å². The molecule has 1 fully saturated rings. The van der Waals surface area contributed by atoms with Gasteiger partial charge in [0.1, 0.15) is 0 Å². The Labute approximate surface area is 109 Å². The van der Waals surface area contributed by atoms with E-state index >= 15 is 0 Å². The molecule has 2 aromatic heterocycles. The Balaban J connectivity index is 1.94. The van der Waals surface area contributed by atoms with Crippen LogP contribution in [0.25, 0.3) is 5.13 Å². The number of carboxylic acids is 1. The third-order valence-electron chi connectivity index (χ3n) is 3.53. The van der Waals surface area contributed by atoms with Gasteiger partial charge in [0.15, 0.2) is 5.69 Å². The lowest BCUT2D eigenvalue weighted by Gasteiger charge is -2.26. The second-order valence-electron chi connectivity index (χ2n) is 4.84. The molecular weight excluding hydrogens is 250 g/mol. The van der Waals surface area contributed by atoms with Crippen LogP contribution in [-0.4, -0.2) is 25.4 Å². The highest BCUT2D eigenvalue weighted by atomic mass is 32.1. The van der Waals surface area contributed by atoms with Crippen LogP contribution in [0.4, 0.5) is 0 Å². The van der Waals surface area contributed by atoms with E-state index in [4.69, 9.17) is 5.11 Å². The van der Waals surface area contributed by atoms with E-state index in [-0.39, 0.29) is 5.69 Å². The monoisotopic (exact) mass is 265 g/mol. The van der Waals surface area contributed by atoms with E-state index in [0.717, 1.165) is 17.5 Å². The van der Waals surface area contributed by atoms with Gasteiger partial charge in [-0.15, -0.1) is 11.3 Å². The summed E-state index contributed by atoms with van der Waals surface area (Å²) in [5.41, 5.74) is 2.67. The van der Waals surface area contributed by atoms with Gasteiger partial charge in [-0.05, 0) is 32.1 Å². The van der Waals surface area contributed by atoms with Gasteiger partial charge in [-0.25, -0.2) is 14.5 Å². The van der Waals surface area contributed by atoms with Crippen LogP contribution in [0.3, 0.4) is 0 Å². The van der Waals surface area contributed by atoms with Gasteiger partial charge in [0.05, 0.1) is 11.4 Å². The van der Waals surface area contributed by atoms with Crippen LogP contribution >= 0.6 is 11.3 Å². The summed E-state index contributed by atoms with van der Waals surface area (Å²) in [6.07, 6.45) is 3.71. The normalized spacial score (nSPS) is 15.2. The number of nitrogens with zero attached hydrogens (tertiary/aromatic N) is 3. The number of thiazole rings is 1. The van der Waals surface area contributed by atoms with Gasteiger partial charge in [-0.1, -0.05) is 0 Å². The van der Waals surface area contributed by atoms with Gasteiger partial charge in [0.25, 0.3) is 0 Å². The number of carboxylic acid groups (broad SMARTS) is 1. The van der Waals surface area contributed by atoms with Gasteiger partial charge in [0, 0.05) is 12.4 Å². The quantitative estimate of drug-likeness (QED) is 0.922. The Morgan fingerprint density at radius 2 is 2.33 bits per heavy atom. The molecule has 6 heteroatoms. The number of hydrogen-bond acceptors (Lipinski definition) is 3. The van der Waals surface area contributed by atoms with Crippen LogP contribution in [0.5, 0.6) is 0 Å². The molecule has 0 aliphatic heterocycles. The van der Waals surface area contributed by atoms with Crippen molar-refractivity contribution in [3.05, 3.63) is 22.5 Å². The first kappa shape index (κ1) is 11.5. The summed E-state index contributed by atoms with van der Waals surface area (Å²) in [4.78, 5) is 15.0. The Morgan fingerprint density at radius 1 is 1.61 bits per heavy atom. The Kier molecular flexibility index (Phi) is 2.55. The first-order valence-electron chi connectivity index (χ1n) is 6.00. The van der Waals surface area contributed by atoms with Crippen LogP contribution in [0, 0.1) is 12.8 Å². The SMILES string of the molecule is Cc1c(CC2CC2)n(-c2nc(C(=O)O)cs2)n1C. The molecule has 2 heterocycles. The van der Waals surface area contributed by atoms with E-state index < -0.39 is 5.97 Å². The van der Waals surface area contributed by atoms with E-state index in [1.54, 1.807) is 5.38 Å². The Morgan fingerprint density at radius 3 is 2.89 bits per heavy atom. The predicted molar refractivity (Wildman–Crippen MR) is 68.5 cm³/mol. The number of hydrogen-bond donors (Lipinski definition) is 1. The summed E-state index contributed by atoms with van der Waals surface area (Å²) in [6, 6.07) is 0. The number of aromatic nitrogens is 3. The molecule has 2 aromatic rings. The standard InChI is InChI=1S/C12H15N3O2S/c1-7-10(5-8-3-4-8)15(14(7)2)12-13-9(6-18-12)11(16)17/h6,8H,3-5H2,1-2H3,(H,16,17). The van der Waals surface area contributed by atoms with E-state index in [9.17, 15) is 4.79 Å². The van der Waals surface area contributed by atoms with E-state index in [0.29, 0.717) is 0 Å². The highest BCUT2D eigenvalue weighted by Gasteiger charge is 2.28. The molecule has 0 saturated heterocycles. The Hall–Kier alpha value is -1.56. The summed E-state index contributed by atoms with van der Waals surface area (Å²) in [5.74, 6) is -0.157. The zero-order valence-corrected chi connectivity index (χ0v) is 11.2. The minimum absolute atomic E-state index is 0.124. The highest BCUT2D eigenvalue weighted by molar-refractivity contribution is 7.12. The molecule has 0 spiro atoms. The van der Waals surface area contributed by atoms with Gasteiger partial charge in [-0.3, -0.25) is 4.68 Å². The average Bonchev–Trinajstić information content (AvgIpc) is 3.03. The molecule has 0 bridgehead atoms. The van der Waals surface area contributed by atoms with Gasteiger partial charge >= 0.3 is 5.97 Å². The third-order valence-corrected chi connectivity index (χ3v) is 4.35. The minimum Gasteiger partial charge on any atom is -0.476 e. The second kappa shape index (κ2) is 3.98. The molecule has 0 atom stereocenters. The molecular formula is C12H15N3O2S. The van der Waals surface area contributed by atoms with Crippen LogP contribution < -0.4 is 0 Å². The fraction of sp³-hybridized carbons (Fsp3) is 0.500. The van der Waals surface area contributed by atoms with Crippen LogP contribution in [-0.2, 0) is 13.5 Å². The maximum Gasteiger partial charge on any atom is 0.355 e. The van der Waals surface area contributed by atoms with E-state index in [2.05, 4.69) is 11.9 Å². The second-order valence-corrected chi connectivity index (χ2v) is 5.67. The van der Waals surface area contributed by atoms with Crippen LogP contribution in [0.1, 0.15) is 34.7 Å². The average molecular weight is 265 g/mol. The summed E-state index contributed by atoms with van der Waals surface area (Å²) in [6.45, 7) is 2.10. The lowest BCUT2D eigenvalue weighted by Crippen LogP contribution is -2.27. The largest absolute Gasteiger partial charge is 0.476 e. The van der Waals surface area contributed by atoms with Gasteiger partial charge < -0.3 is 5.11 Å². The van der Waals surface area contributed by atoms with Crippen molar-refractivity contribution in [1.82, 2.24) is 14.3 Å². The fourth-order valence-corrected chi connectivity index (χ4v) is 3.01. The van der Waals surface area contributed by atoms with E-state index in [1.165, 1.54) is 35.6 Å². The van der Waals surface area contributed by atoms with Crippen LogP contribution in [0.15, 0.2) is 5.38 Å². The molecule has 0 unspecified atom stereocenters. The molecule has 0 aromatic carbocycles. The van der Waals surface area contributed by atoms with Crippen molar-refractivity contribution in [3.8, 4) is 5.13 Å². The summed E-state index contributed by atoms with van der Waals surface area (Å²) < 4.78 is 4.06. The maximum absolute atomic E-state index is 10.9. The maximum atomic E-state index is 10.9. The molecule has 18 heavy (non-hydrogen) atoms. The van der Waals surface area contributed by atoms with Crippen molar-refractivity contribution in [2.75, 3.05) is 0 Å². The topological polar surface area (TPSA) is 60.1 Å². The number of carbonyl (C=O) groups is 1. The molecule has 5 nitrogen and oxygen atoms in total. The first-order chi connectivity index (χ1) is 8.58. The molecule has 0 amide bonds. The van der Waals surface area contributed by atoms with Crippen molar-refractivity contribution in [1.29, 1.82) is 0 Å². The van der Waals surface area contributed by atoms with Crippen molar-refractivity contribution in [3.63, 3.8) is 0 Å². The summed E-state index contributed by atoms with van der Waals surface area (Å²) in [5, 5.41) is 11.2. The number of aromatic carboxylic acids is 1. The van der Waals surface area contributed by atoms with Crippen molar-refractivity contribution in [2.24, 2.45) is 13.0 Å². The predicted octanol–water partition coefficient (Wildman–Crippen LogP) is 2.23. The highest BCUT2D eigenvalue weighted by Crippen LogP contribution is 2.35. The molecule has 1 saturated carbocycles. The molecule has 1 N–H and O–H groups in total. The summed E-state index contributed by atoms with van der Waals surface area (Å²) in [7, 11) is 1.98. The molecule has 1 aliphatic rings. The third kappa shape index (κ3) is 1.77. The minimum atomic E-state index is -0.967. The lowest BCUT2D eigenvalue weighted by molar-refractivity contribution is 0.0691. The molecule has 96 valence electrons. The van der Waals surface area contributed by atoms with Gasteiger partial charge in [0.2, 0.25) is 5.13 Å². The molecule has 1 aliphatic carbocycles. The van der Waals surface area contributed by atoms with Crippen LogP contribution in [0.2, 0.25) is 0 Å². The van der Waals surface area contributed by atoms with Gasteiger partial charge in [-0.2, -0.15) is 0 Å². The zero-order valence-electron chi connectivity index (χ0n) is 10.4. The van der Waals surface area contributed by atoms with E-state index in [1.807, 2.05) is 16.4 Å². The Bertz CT molecular complexity index is 604. The van der Waals surface area contributed by atoms with Crippen molar-refractivity contribution < 1.29 is 9.90 Å². The molecule has 3 rings (SSSR count). The molecule has 0 radical (unpaired) electrons. The lowest BCUT2D eigenvalue weighted by atomic mass is 10.1.